The molecule has 0 amide bonds. The Hall–Kier alpha value is -7.60. The minimum atomic E-state index is -1.36. The number of esters is 3. The summed E-state index contributed by atoms with van der Waals surface area (Å²) in [6.45, 7) is 40.1. The third kappa shape index (κ3) is 19.0. The molecule has 0 heterocycles. The highest BCUT2D eigenvalue weighted by molar-refractivity contribution is 6.80. The van der Waals surface area contributed by atoms with Crippen molar-refractivity contribution in [3.05, 3.63) is 212 Å². The molecular formula is C84H106O11Si3. The van der Waals surface area contributed by atoms with Crippen molar-refractivity contribution in [3.63, 3.8) is 0 Å². The van der Waals surface area contributed by atoms with E-state index in [1.165, 1.54) is 51.4 Å². The molecule has 0 aliphatic heterocycles. The Morgan fingerprint density at radius 3 is 1.46 bits per heavy atom. The molecule has 98 heavy (non-hydrogen) atoms. The number of benzene rings is 7. The van der Waals surface area contributed by atoms with Crippen LogP contribution in [0.3, 0.4) is 0 Å². The number of ether oxygens (including phenoxy) is 6. The van der Waals surface area contributed by atoms with Crippen molar-refractivity contribution < 1.29 is 51.0 Å². The molecule has 0 bridgehead atoms. The maximum absolute atomic E-state index is 13.5. The Labute approximate surface area is 588 Å². The largest absolute Gasteiger partial charge is 0.490 e. The molecule has 7 aromatic carbocycles. The molecule has 11 rings (SSSR count). The van der Waals surface area contributed by atoms with Crippen molar-refractivity contribution in [1.29, 1.82) is 0 Å². The lowest BCUT2D eigenvalue weighted by atomic mass is 9.47. The van der Waals surface area contributed by atoms with Gasteiger partial charge in [-0.15, -0.1) is 0 Å². The average molecular weight is 1380 g/mol. The lowest BCUT2D eigenvalue weighted by Gasteiger charge is -2.58. The van der Waals surface area contributed by atoms with Gasteiger partial charge in [-0.1, -0.05) is 164 Å². The average Bonchev–Trinajstić information content (AvgIpc) is 1.41. The Kier molecular flexibility index (Phi) is 25.5. The van der Waals surface area contributed by atoms with Crippen LogP contribution in [0.15, 0.2) is 195 Å². The van der Waals surface area contributed by atoms with E-state index < -0.39 is 37.9 Å². The van der Waals surface area contributed by atoms with Gasteiger partial charge in [0.2, 0.25) is 0 Å². The summed E-state index contributed by atoms with van der Waals surface area (Å²) >= 11 is 0. The Balaban J connectivity index is 0.000000198. The second kappa shape index (κ2) is 33.5. The van der Waals surface area contributed by atoms with Crippen LogP contribution in [0.4, 0.5) is 0 Å². The summed E-state index contributed by atoms with van der Waals surface area (Å²) in [4.78, 5) is 39.9. The topological polar surface area (TPSA) is 125 Å². The smallest absolute Gasteiger partial charge is 0.343 e. The van der Waals surface area contributed by atoms with E-state index in [9.17, 15) is 14.4 Å². The molecule has 520 valence electrons. The van der Waals surface area contributed by atoms with Crippen LogP contribution in [-0.4, -0.2) is 69.8 Å². The summed E-state index contributed by atoms with van der Waals surface area (Å²) in [6, 6.07) is 43.7. The molecule has 3 fully saturated rings. The minimum absolute atomic E-state index is 0.0172. The normalized spacial score (nSPS) is 21.3. The van der Waals surface area contributed by atoms with Gasteiger partial charge in [0.15, 0.2) is 16.6 Å². The van der Waals surface area contributed by atoms with Gasteiger partial charge >= 0.3 is 17.9 Å². The highest BCUT2D eigenvalue weighted by atomic mass is 28.4. The summed E-state index contributed by atoms with van der Waals surface area (Å²) in [7, 11) is -4.05. The van der Waals surface area contributed by atoms with Gasteiger partial charge in [0.05, 0.1) is 16.7 Å². The van der Waals surface area contributed by atoms with Gasteiger partial charge < -0.3 is 36.7 Å². The lowest BCUT2D eigenvalue weighted by molar-refractivity contribution is -0.0594. The molecule has 0 spiro atoms. The quantitative estimate of drug-likeness (QED) is 0.0235. The van der Waals surface area contributed by atoms with Crippen molar-refractivity contribution in [2.24, 2.45) is 46.3 Å². The summed E-state index contributed by atoms with van der Waals surface area (Å²) in [5.74, 6) is 6.43. The molecule has 14 heteroatoms. The van der Waals surface area contributed by atoms with E-state index in [-0.39, 0.29) is 17.5 Å². The lowest BCUT2D eigenvalue weighted by Crippen LogP contribution is -2.51. The predicted octanol–water partition coefficient (Wildman–Crippen LogP) is 21.6. The van der Waals surface area contributed by atoms with Crippen molar-refractivity contribution in [2.75, 3.05) is 19.8 Å². The summed E-state index contributed by atoms with van der Waals surface area (Å²) in [5.41, 5.74) is 4.95. The van der Waals surface area contributed by atoms with Crippen LogP contribution >= 0.6 is 0 Å². The van der Waals surface area contributed by atoms with Crippen LogP contribution in [-0.2, 0) is 13.0 Å². The molecule has 0 saturated heterocycles. The number of allylic oxidation sites excluding steroid dienone is 1. The molecular weight excluding hydrogens is 1270 g/mol. The number of fused-ring (bicyclic) bond motifs is 7. The number of hydrogen-bond acceptors (Lipinski definition) is 11. The Bertz CT molecular complexity index is 3740. The molecule has 8 atom stereocenters. The fourth-order valence-corrected chi connectivity index (χ4v) is 24.6. The van der Waals surface area contributed by atoms with E-state index in [0.717, 1.165) is 82.1 Å². The first-order valence-electron chi connectivity index (χ1n) is 35.6. The Morgan fingerprint density at radius 2 is 1.01 bits per heavy atom. The maximum Gasteiger partial charge on any atom is 0.343 e. The van der Waals surface area contributed by atoms with E-state index in [2.05, 4.69) is 106 Å². The molecule has 0 radical (unpaired) electrons. The molecule has 4 aliphatic carbocycles. The SMILES string of the molecule is C=CCOc1ccc(C(=O)OC2CCC3(C)C(=CCC4C3CCC3(C)C(C(C)CCCC(C)C)CCC43)C2)cc1.C=CCOc1ccc(C(=O)Oc2ccc3ccccc3c2-c2c(OC(=O)c3ccc(OCC=C)cc3)ccc3ccccc23)cc1.C[SiH](O[Si](C)(C)C)O[Si](C)(C)C. The van der Waals surface area contributed by atoms with Crippen LogP contribution in [0, 0.1) is 46.3 Å². The van der Waals surface area contributed by atoms with Crippen molar-refractivity contribution in [2.45, 2.75) is 157 Å². The molecule has 3 saturated carbocycles. The van der Waals surface area contributed by atoms with Crippen LogP contribution < -0.4 is 23.7 Å². The van der Waals surface area contributed by atoms with Crippen LogP contribution in [0.5, 0.6) is 28.7 Å². The van der Waals surface area contributed by atoms with Crippen molar-refractivity contribution in [1.82, 2.24) is 0 Å². The van der Waals surface area contributed by atoms with Crippen LogP contribution in [0.2, 0.25) is 45.8 Å². The van der Waals surface area contributed by atoms with Crippen molar-refractivity contribution >= 4 is 65.4 Å². The van der Waals surface area contributed by atoms with Crippen LogP contribution in [0.1, 0.15) is 136 Å². The zero-order valence-electron chi connectivity index (χ0n) is 60.3. The van der Waals surface area contributed by atoms with Gasteiger partial charge in [-0.2, -0.15) is 0 Å². The van der Waals surface area contributed by atoms with Gasteiger partial charge in [-0.05, 0) is 244 Å². The van der Waals surface area contributed by atoms with Crippen molar-refractivity contribution in [3.8, 4) is 39.9 Å². The summed E-state index contributed by atoms with van der Waals surface area (Å²) in [5, 5.41) is 3.53. The van der Waals surface area contributed by atoms with Gasteiger partial charge in [-0.25, -0.2) is 14.4 Å². The molecule has 4 aliphatic rings. The van der Waals surface area contributed by atoms with E-state index in [1.807, 2.05) is 72.8 Å². The van der Waals surface area contributed by atoms with Gasteiger partial charge in [0.1, 0.15) is 54.7 Å². The number of rotatable bonds is 25. The standard InChI is InChI=1S/C40H30O6.C37H54O3.C7H22O2Si3/c1-3-25-43-31-19-13-29(14-20-31)39(41)45-35-23-17-27-9-5-7-11-33(27)37(35)38-34-12-8-6-10-28(34)18-24-36(38)46-40(42)30-15-21-32(22-16-30)44-26-4-2;1-7-23-39-29-14-11-27(12-15-29)35(38)40-30-19-21-36(5)28(24-30)13-16-31-33-18-17-32(26(4)10-8-9-25(2)3)37(33,6)22-20-34(31)36;1-10(8-11(2,3)4)9-12(5,6)7/h3-24H,1-2,25-26H2;7,11-15,25-26,30-34H,1,8-10,16-24H2,2-6H3;10H,1-7H3. The maximum atomic E-state index is 13.5. The molecule has 7 aromatic rings. The first-order chi connectivity index (χ1) is 46.8. The Morgan fingerprint density at radius 1 is 0.551 bits per heavy atom. The fraction of sp³-hybridized carbons (Fsp3) is 0.417. The number of carbonyl (C=O) groups excluding carboxylic acids is 3. The zero-order chi connectivity index (χ0) is 70.4. The fourth-order valence-electron chi connectivity index (χ4n) is 16.0. The van der Waals surface area contributed by atoms with Gasteiger partial charge in [0.25, 0.3) is 9.28 Å². The molecule has 0 aromatic heterocycles. The highest BCUT2D eigenvalue weighted by Gasteiger charge is 2.59. The summed E-state index contributed by atoms with van der Waals surface area (Å²) < 4.78 is 46.7. The zero-order valence-corrected chi connectivity index (χ0v) is 63.5. The van der Waals surface area contributed by atoms with E-state index in [0.29, 0.717) is 76.1 Å². The monoisotopic (exact) mass is 1370 g/mol. The first-order valence-corrected chi connectivity index (χ1v) is 44.5. The predicted molar refractivity (Wildman–Crippen MR) is 407 cm³/mol. The van der Waals surface area contributed by atoms with E-state index >= 15 is 0 Å². The highest BCUT2D eigenvalue weighted by Crippen LogP contribution is 2.67. The molecule has 11 nitrogen and oxygen atoms in total. The van der Waals surface area contributed by atoms with Gasteiger partial charge in [0, 0.05) is 17.5 Å². The van der Waals surface area contributed by atoms with Gasteiger partial charge in [-0.3, -0.25) is 0 Å². The van der Waals surface area contributed by atoms with Crippen LogP contribution in [0.25, 0.3) is 32.7 Å². The third-order valence-corrected chi connectivity index (χ3v) is 28.7. The van der Waals surface area contributed by atoms with E-state index in [1.54, 1.807) is 96.6 Å². The first kappa shape index (κ1) is 74.6. The number of carbonyl (C=O) groups is 3. The second-order valence-corrected chi connectivity index (χ2v) is 41.5. The number of hydrogen-bond donors (Lipinski definition) is 0. The molecule has 8 unspecified atom stereocenters. The second-order valence-electron chi connectivity index (χ2n) is 30.1. The summed E-state index contributed by atoms with van der Waals surface area (Å²) in [6.07, 6.45) is 21.7. The molecule has 0 N–H and O–H groups in total. The minimum Gasteiger partial charge on any atom is -0.490 e. The van der Waals surface area contributed by atoms with E-state index in [4.69, 9.17) is 36.7 Å². The third-order valence-electron chi connectivity index (χ3n) is 20.4.